The molecule has 0 bridgehead atoms. The zero-order valence-electron chi connectivity index (χ0n) is 16.1. The first-order chi connectivity index (χ1) is 14.5. The van der Waals surface area contributed by atoms with Gasteiger partial charge >= 0.3 is 0 Å². The number of allylic oxidation sites excluding steroid dienone is 2. The van der Waals surface area contributed by atoms with Gasteiger partial charge < -0.3 is 10.1 Å². The lowest BCUT2D eigenvalue weighted by molar-refractivity contribution is 0.103. The van der Waals surface area contributed by atoms with Crippen molar-refractivity contribution >= 4 is 27.2 Å². The van der Waals surface area contributed by atoms with Crippen molar-refractivity contribution in [3.8, 4) is 5.75 Å². The Kier molecular flexibility index (Phi) is 5.20. The first-order valence-corrected chi connectivity index (χ1v) is 10.6. The fourth-order valence-corrected chi connectivity index (χ4v) is 4.18. The molecule has 7 heteroatoms. The van der Waals surface area contributed by atoms with Crippen molar-refractivity contribution in [2.24, 2.45) is 4.40 Å². The van der Waals surface area contributed by atoms with Gasteiger partial charge in [-0.2, -0.15) is 12.8 Å². The van der Waals surface area contributed by atoms with E-state index < -0.39 is 10.0 Å². The molecule has 1 aliphatic rings. The van der Waals surface area contributed by atoms with Crippen LogP contribution in [0.3, 0.4) is 0 Å². The number of hydrogen-bond acceptors (Lipinski definition) is 5. The lowest BCUT2D eigenvalue weighted by atomic mass is 9.92. The summed E-state index contributed by atoms with van der Waals surface area (Å²) >= 11 is 0. The molecule has 0 heterocycles. The number of para-hydroxylation sites is 2. The van der Waals surface area contributed by atoms with Crippen LogP contribution in [0.2, 0.25) is 0 Å². The third-order valence-electron chi connectivity index (χ3n) is 4.61. The van der Waals surface area contributed by atoms with Gasteiger partial charge in [-0.05, 0) is 30.3 Å². The molecule has 3 aromatic rings. The van der Waals surface area contributed by atoms with Crippen LogP contribution < -0.4 is 10.1 Å². The van der Waals surface area contributed by atoms with Gasteiger partial charge in [0.1, 0.15) is 5.75 Å². The number of ether oxygens (including phenoxy) is 1. The van der Waals surface area contributed by atoms with Gasteiger partial charge in [-0.1, -0.05) is 54.6 Å². The summed E-state index contributed by atoms with van der Waals surface area (Å²) in [5.41, 5.74) is 1.82. The summed E-state index contributed by atoms with van der Waals surface area (Å²) in [5.74, 6) is 0.299. The molecule has 0 unspecified atom stereocenters. The van der Waals surface area contributed by atoms with Crippen LogP contribution in [0.25, 0.3) is 0 Å². The molecule has 0 saturated heterocycles. The lowest BCUT2D eigenvalue weighted by Gasteiger charge is -2.19. The third kappa shape index (κ3) is 3.75. The van der Waals surface area contributed by atoms with Crippen molar-refractivity contribution in [2.45, 2.75) is 4.90 Å². The number of rotatable bonds is 5. The third-order valence-corrected chi connectivity index (χ3v) is 5.91. The summed E-state index contributed by atoms with van der Waals surface area (Å²) in [6.45, 7) is 0. The highest BCUT2D eigenvalue weighted by Crippen LogP contribution is 2.29. The molecule has 0 saturated carbocycles. The number of nitrogens with one attached hydrogen (secondary N) is 1. The van der Waals surface area contributed by atoms with Crippen molar-refractivity contribution in [1.29, 1.82) is 0 Å². The molecule has 6 nitrogen and oxygen atoms in total. The monoisotopic (exact) mass is 418 g/mol. The van der Waals surface area contributed by atoms with Crippen LogP contribution in [-0.4, -0.2) is 27.0 Å². The van der Waals surface area contributed by atoms with Gasteiger partial charge in [0, 0.05) is 11.1 Å². The molecule has 0 atom stereocenters. The Morgan fingerprint density at radius 2 is 1.47 bits per heavy atom. The number of nitrogens with zero attached hydrogens (tertiary/aromatic N) is 1. The quantitative estimate of drug-likeness (QED) is 0.675. The van der Waals surface area contributed by atoms with Gasteiger partial charge in [-0.25, -0.2) is 0 Å². The number of fused-ring (bicyclic) bond motifs is 1. The minimum Gasteiger partial charge on any atom is -0.495 e. The summed E-state index contributed by atoms with van der Waals surface area (Å²) < 4.78 is 35.0. The van der Waals surface area contributed by atoms with Crippen molar-refractivity contribution < 1.29 is 17.9 Å². The van der Waals surface area contributed by atoms with E-state index in [1.807, 2.05) is 12.1 Å². The van der Waals surface area contributed by atoms with Crippen LogP contribution in [0.4, 0.5) is 5.69 Å². The van der Waals surface area contributed by atoms with Crippen molar-refractivity contribution in [1.82, 2.24) is 0 Å². The molecule has 150 valence electrons. The van der Waals surface area contributed by atoms with E-state index in [1.165, 1.54) is 25.3 Å². The molecule has 1 N–H and O–H groups in total. The number of benzene rings is 3. The van der Waals surface area contributed by atoms with Crippen LogP contribution in [0.1, 0.15) is 15.9 Å². The fraction of sp³-hybridized carbons (Fsp3) is 0.0435. The van der Waals surface area contributed by atoms with Crippen molar-refractivity contribution in [3.63, 3.8) is 0 Å². The average molecular weight is 418 g/mol. The van der Waals surface area contributed by atoms with Crippen LogP contribution in [0.15, 0.2) is 99.9 Å². The molecule has 3 aromatic carbocycles. The minimum absolute atomic E-state index is 0.0829. The van der Waals surface area contributed by atoms with Crippen LogP contribution in [0, 0.1) is 0 Å². The number of Topliss-reactive ketones (excluding diaryl/α,β-unsaturated/α-hetero) is 1. The molecule has 0 fully saturated rings. The zero-order valence-corrected chi connectivity index (χ0v) is 16.9. The molecule has 1 aliphatic carbocycles. The molecule has 0 aromatic heterocycles. The highest BCUT2D eigenvalue weighted by atomic mass is 32.2. The summed E-state index contributed by atoms with van der Waals surface area (Å²) in [6.07, 6.45) is 1.46. The van der Waals surface area contributed by atoms with Crippen molar-refractivity contribution in [3.05, 3.63) is 102 Å². The summed E-state index contributed by atoms with van der Waals surface area (Å²) in [6, 6.07) is 21.9. The summed E-state index contributed by atoms with van der Waals surface area (Å²) in [4.78, 5) is 13.1. The number of carbonyl (C=O) groups excluding carboxylic acids is 1. The Labute approximate surface area is 174 Å². The van der Waals surface area contributed by atoms with E-state index in [-0.39, 0.29) is 22.1 Å². The number of ketones is 1. The molecule has 0 radical (unpaired) electrons. The highest BCUT2D eigenvalue weighted by Gasteiger charge is 2.26. The molecule has 0 spiro atoms. The van der Waals surface area contributed by atoms with E-state index in [1.54, 1.807) is 54.6 Å². The van der Waals surface area contributed by atoms with E-state index in [9.17, 15) is 13.2 Å². The topological polar surface area (TPSA) is 84.8 Å². The molecule has 30 heavy (non-hydrogen) atoms. The van der Waals surface area contributed by atoms with E-state index >= 15 is 0 Å². The number of carbonyl (C=O) groups is 1. The first-order valence-electron chi connectivity index (χ1n) is 9.15. The summed E-state index contributed by atoms with van der Waals surface area (Å²) in [7, 11) is -2.42. The Balaban J connectivity index is 1.83. The maximum atomic E-state index is 13.0. The van der Waals surface area contributed by atoms with Crippen LogP contribution >= 0.6 is 0 Å². The Morgan fingerprint density at radius 1 is 0.833 bits per heavy atom. The average Bonchev–Trinajstić information content (AvgIpc) is 2.78. The van der Waals surface area contributed by atoms with Gasteiger partial charge in [0.15, 0.2) is 0 Å². The van der Waals surface area contributed by atoms with Crippen molar-refractivity contribution in [2.75, 3.05) is 12.4 Å². The zero-order chi connectivity index (χ0) is 21.1. The van der Waals surface area contributed by atoms with E-state index in [2.05, 4.69) is 9.71 Å². The molecule has 4 rings (SSSR count). The second-order valence-electron chi connectivity index (χ2n) is 6.52. The normalized spacial score (nSPS) is 14.8. The van der Waals surface area contributed by atoms with Gasteiger partial charge in [-0.15, -0.1) is 0 Å². The van der Waals surface area contributed by atoms with E-state index in [0.717, 1.165) is 0 Å². The SMILES string of the molecule is COc1ccccc1NC1=C/C(=N/S(=O)(=O)c2ccccc2)c2ccccc2C1=O. The Bertz CT molecular complexity index is 1280. The number of anilines is 1. The smallest absolute Gasteiger partial charge is 0.282 e. The second-order valence-corrected chi connectivity index (χ2v) is 8.13. The predicted molar refractivity (Wildman–Crippen MR) is 116 cm³/mol. The van der Waals surface area contributed by atoms with E-state index in [4.69, 9.17) is 4.74 Å². The van der Waals surface area contributed by atoms with Gasteiger partial charge in [0.05, 0.1) is 29.1 Å². The molecular formula is C23H18N2O4S. The van der Waals surface area contributed by atoms with E-state index in [0.29, 0.717) is 22.6 Å². The first kappa shape index (κ1) is 19.6. The van der Waals surface area contributed by atoms with Crippen LogP contribution in [0.5, 0.6) is 5.75 Å². The maximum Gasteiger partial charge on any atom is 0.282 e. The minimum atomic E-state index is -3.95. The van der Waals surface area contributed by atoms with Gasteiger partial charge in [-0.3, -0.25) is 4.79 Å². The molecule has 0 aliphatic heterocycles. The number of methoxy groups -OCH3 is 1. The second kappa shape index (κ2) is 7.96. The highest BCUT2D eigenvalue weighted by molar-refractivity contribution is 7.90. The summed E-state index contributed by atoms with van der Waals surface area (Å²) in [5, 5.41) is 3.06. The number of hydrogen-bond donors (Lipinski definition) is 1. The van der Waals surface area contributed by atoms with Gasteiger partial charge in [0.25, 0.3) is 10.0 Å². The molecular weight excluding hydrogens is 400 g/mol. The molecule has 0 amide bonds. The lowest BCUT2D eigenvalue weighted by Crippen LogP contribution is -2.22. The van der Waals surface area contributed by atoms with Gasteiger partial charge in [0.2, 0.25) is 5.78 Å². The fourth-order valence-electron chi connectivity index (χ4n) is 3.17. The van der Waals surface area contributed by atoms with Crippen LogP contribution in [-0.2, 0) is 10.0 Å². The number of sulfonamides is 1. The predicted octanol–water partition coefficient (Wildman–Crippen LogP) is 4.07. The standard InChI is InChI=1S/C23H18N2O4S/c1-29-22-14-8-7-13-19(22)24-21-15-20(17-11-5-6-12-18(17)23(21)26)25-30(27,28)16-9-3-2-4-10-16/h2-15,24H,1H3/b25-20-. The maximum absolute atomic E-state index is 13.0. The Morgan fingerprint density at radius 3 is 2.20 bits per heavy atom. The largest absolute Gasteiger partial charge is 0.495 e. The Hall–Kier alpha value is -3.71.